The largest absolute Gasteiger partial charge is 0.480 e. The van der Waals surface area contributed by atoms with Crippen LogP contribution in [0.4, 0.5) is 0 Å². The minimum Gasteiger partial charge on any atom is -0.480 e. The van der Waals surface area contributed by atoms with E-state index in [0.29, 0.717) is 12.0 Å². The van der Waals surface area contributed by atoms with Gasteiger partial charge < -0.3 is 14.4 Å². The van der Waals surface area contributed by atoms with E-state index < -0.39 is 20.2 Å². The molecule has 1 aliphatic heterocycles. The third-order valence-electron chi connectivity index (χ3n) is 6.30. The highest BCUT2D eigenvalue weighted by molar-refractivity contribution is 14.1. The molecule has 1 aromatic rings. The number of carbonyl (C=O) groups excluding carboxylic acids is 2. The number of β-lactam (4-membered cyclic amide) rings is 1. The Morgan fingerprint density at radius 3 is 2.34 bits per heavy atom. The SMILES string of the molecule is C[C@@H](O[Si](C)(C)C(C)(C)C)[C@@H]1C(=O)N(CC(=O)O)[C@H]1CC(I)=CC(=O)c1ccc(Br)cc1. The monoisotopic (exact) mass is 635 g/mol. The Labute approximate surface area is 213 Å². The van der Waals surface area contributed by atoms with Gasteiger partial charge in [-0.05, 0) is 88.0 Å². The summed E-state index contributed by atoms with van der Waals surface area (Å²) in [6, 6.07) is 6.79. The van der Waals surface area contributed by atoms with Crippen molar-refractivity contribution >= 4 is 64.5 Å². The lowest BCUT2D eigenvalue weighted by atomic mass is 9.81. The van der Waals surface area contributed by atoms with Gasteiger partial charge >= 0.3 is 5.97 Å². The Kier molecular flexibility index (Phi) is 8.91. The topological polar surface area (TPSA) is 83.9 Å². The van der Waals surface area contributed by atoms with E-state index in [-0.39, 0.29) is 35.4 Å². The van der Waals surface area contributed by atoms with Crippen LogP contribution in [0.3, 0.4) is 0 Å². The summed E-state index contributed by atoms with van der Waals surface area (Å²) in [6.45, 7) is 12.2. The van der Waals surface area contributed by atoms with E-state index in [9.17, 15) is 19.5 Å². The zero-order chi connectivity index (χ0) is 24.4. The first-order chi connectivity index (χ1) is 14.6. The van der Waals surface area contributed by atoms with Crippen LogP contribution in [0.15, 0.2) is 38.4 Å². The summed E-state index contributed by atoms with van der Waals surface area (Å²) in [4.78, 5) is 38.1. The number of aliphatic carboxylic acids is 1. The zero-order valence-corrected chi connectivity index (χ0v) is 24.1. The average molecular weight is 636 g/mol. The van der Waals surface area contributed by atoms with E-state index in [2.05, 4.69) is 72.4 Å². The molecule has 0 radical (unpaired) electrons. The molecule has 2 rings (SSSR count). The number of hydrogen-bond acceptors (Lipinski definition) is 4. The lowest BCUT2D eigenvalue weighted by Gasteiger charge is -2.51. The quantitative estimate of drug-likeness (QED) is 0.124. The van der Waals surface area contributed by atoms with Crippen molar-refractivity contribution in [2.24, 2.45) is 5.92 Å². The zero-order valence-electron chi connectivity index (χ0n) is 19.3. The number of halogens is 2. The molecular weight excluding hydrogens is 605 g/mol. The van der Waals surface area contributed by atoms with Crippen LogP contribution in [0.1, 0.15) is 44.5 Å². The Bertz CT molecular complexity index is 910. The van der Waals surface area contributed by atoms with Crippen molar-refractivity contribution in [3.63, 3.8) is 0 Å². The first-order valence-electron chi connectivity index (χ1n) is 10.5. The summed E-state index contributed by atoms with van der Waals surface area (Å²) < 4.78 is 8.12. The molecule has 3 atom stereocenters. The molecule has 9 heteroatoms. The number of allylic oxidation sites excluding steroid dienone is 1. The number of nitrogens with zero attached hydrogens (tertiary/aromatic N) is 1. The van der Waals surface area contributed by atoms with Crippen molar-refractivity contribution in [1.82, 2.24) is 4.90 Å². The summed E-state index contributed by atoms with van der Waals surface area (Å²) in [5, 5.41) is 9.26. The van der Waals surface area contributed by atoms with Gasteiger partial charge in [-0.15, -0.1) is 0 Å². The van der Waals surface area contributed by atoms with Crippen molar-refractivity contribution in [3.8, 4) is 0 Å². The molecule has 1 fully saturated rings. The summed E-state index contributed by atoms with van der Waals surface area (Å²) in [5.41, 5.74) is 0.570. The number of carboxylic acid groups (broad SMARTS) is 1. The van der Waals surface area contributed by atoms with Crippen molar-refractivity contribution < 1.29 is 23.9 Å². The van der Waals surface area contributed by atoms with Gasteiger partial charge in [-0.25, -0.2) is 0 Å². The van der Waals surface area contributed by atoms with Crippen LogP contribution >= 0.6 is 38.5 Å². The fraction of sp³-hybridized carbons (Fsp3) is 0.522. The van der Waals surface area contributed by atoms with E-state index in [1.54, 1.807) is 18.2 Å². The van der Waals surface area contributed by atoms with Gasteiger partial charge in [-0.2, -0.15) is 0 Å². The molecule has 32 heavy (non-hydrogen) atoms. The first-order valence-corrected chi connectivity index (χ1v) is 15.3. The molecule has 0 unspecified atom stereocenters. The van der Waals surface area contributed by atoms with Crippen LogP contribution in [-0.4, -0.2) is 54.7 Å². The van der Waals surface area contributed by atoms with Gasteiger partial charge in [0.15, 0.2) is 14.1 Å². The molecule has 0 bridgehead atoms. The molecule has 0 spiro atoms. The second kappa shape index (κ2) is 10.5. The van der Waals surface area contributed by atoms with Gasteiger partial charge in [0.2, 0.25) is 5.91 Å². The molecule has 0 saturated carbocycles. The molecule has 176 valence electrons. The van der Waals surface area contributed by atoms with Crippen LogP contribution in [0.25, 0.3) is 0 Å². The number of ketones is 1. The number of rotatable bonds is 9. The smallest absolute Gasteiger partial charge is 0.323 e. The van der Waals surface area contributed by atoms with E-state index in [4.69, 9.17) is 4.43 Å². The Morgan fingerprint density at radius 1 is 1.28 bits per heavy atom. The lowest BCUT2D eigenvalue weighted by Crippen LogP contribution is -2.66. The summed E-state index contributed by atoms with van der Waals surface area (Å²) in [5.74, 6) is -1.80. The molecule has 1 aromatic carbocycles. The maximum absolute atomic E-state index is 12.8. The minimum atomic E-state index is -2.10. The number of carbonyl (C=O) groups is 3. The predicted octanol–water partition coefficient (Wildman–Crippen LogP) is 5.66. The maximum atomic E-state index is 12.8. The number of benzene rings is 1. The summed E-state index contributed by atoms with van der Waals surface area (Å²) in [7, 11) is -2.10. The van der Waals surface area contributed by atoms with Crippen molar-refractivity contribution in [2.75, 3.05) is 6.54 Å². The van der Waals surface area contributed by atoms with Gasteiger partial charge in [-0.1, -0.05) is 36.7 Å². The Hall–Kier alpha value is -1.04. The molecule has 1 aliphatic rings. The number of hydrogen-bond donors (Lipinski definition) is 1. The Morgan fingerprint density at radius 2 is 1.84 bits per heavy atom. The standard InChI is InChI=1S/C23H31BrINO5Si/c1-14(31-32(5,6)23(2,3)4)21-18(26(22(21)30)13-20(28)29)11-17(25)12-19(27)15-7-9-16(24)10-8-15/h7-10,12,14,18,21H,11,13H2,1-6H3,(H,28,29)/t14-,18+,21+/m1/s1. The lowest BCUT2D eigenvalue weighted by molar-refractivity contribution is -0.168. The summed E-state index contributed by atoms with van der Waals surface area (Å²) in [6.07, 6.45) is 1.64. The van der Waals surface area contributed by atoms with E-state index in [1.807, 2.05) is 19.1 Å². The van der Waals surface area contributed by atoms with Crippen molar-refractivity contribution in [3.05, 3.63) is 44.0 Å². The summed E-state index contributed by atoms with van der Waals surface area (Å²) >= 11 is 5.46. The van der Waals surface area contributed by atoms with Gasteiger partial charge in [-0.3, -0.25) is 14.4 Å². The van der Waals surface area contributed by atoms with Gasteiger partial charge in [0, 0.05) is 10.0 Å². The van der Waals surface area contributed by atoms with Crippen molar-refractivity contribution in [2.45, 2.75) is 64.4 Å². The number of amides is 1. The first kappa shape index (κ1) is 27.2. The Balaban J connectivity index is 2.21. The molecule has 1 heterocycles. The van der Waals surface area contributed by atoms with Crippen LogP contribution < -0.4 is 0 Å². The average Bonchev–Trinajstić information content (AvgIpc) is 2.64. The van der Waals surface area contributed by atoms with Gasteiger partial charge in [0.25, 0.3) is 0 Å². The fourth-order valence-corrected chi connectivity index (χ4v) is 5.96. The van der Waals surface area contributed by atoms with Gasteiger partial charge in [0.1, 0.15) is 6.54 Å². The number of likely N-dealkylation sites (tertiary alicyclic amines) is 1. The molecule has 1 saturated heterocycles. The molecule has 1 N–H and O–H groups in total. The van der Waals surface area contributed by atoms with Crippen molar-refractivity contribution in [1.29, 1.82) is 0 Å². The second-order valence-electron chi connectivity index (χ2n) is 9.70. The third kappa shape index (κ3) is 6.51. The van der Waals surface area contributed by atoms with E-state index in [0.717, 1.165) is 8.05 Å². The molecule has 6 nitrogen and oxygen atoms in total. The minimum absolute atomic E-state index is 0.00424. The highest BCUT2D eigenvalue weighted by Gasteiger charge is 2.52. The van der Waals surface area contributed by atoms with Gasteiger partial charge in [0.05, 0.1) is 18.1 Å². The normalized spacial score (nSPS) is 20.7. The fourth-order valence-electron chi connectivity index (χ4n) is 3.54. The molecular formula is C23H31BrINO5Si. The van der Waals surface area contributed by atoms with Crippen LogP contribution in [-0.2, 0) is 14.0 Å². The molecule has 1 amide bonds. The van der Waals surface area contributed by atoms with E-state index in [1.165, 1.54) is 4.90 Å². The highest BCUT2D eigenvalue weighted by Crippen LogP contribution is 2.41. The predicted molar refractivity (Wildman–Crippen MR) is 140 cm³/mol. The highest BCUT2D eigenvalue weighted by atomic mass is 127. The second-order valence-corrected chi connectivity index (χ2v) is 16.8. The van der Waals surface area contributed by atoms with Crippen LogP contribution in [0.5, 0.6) is 0 Å². The molecule has 0 aromatic heterocycles. The van der Waals surface area contributed by atoms with Crippen LogP contribution in [0.2, 0.25) is 18.1 Å². The van der Waals surface area contributed by atoms with E-state index >= 15 is 0 Å². The maximum Gasteiger partial charge on any atom is 0.323 e. The van der Waals surface area contributed by atoms with Crippen LogP contribution in [0, 0.1) is 5.92 Å². The number of carboxylic acids is 1. The third-order valence-corrected chi connectivity index (χ3v) is 12.2. The molecule has 0 aliphatic carbocycles.